The lowest BCUT2D eigenvalue weighted by atomic mass is 10.3. The third-order valence-electron chi connectivity index (χ3n) is 1.58. The van der Waals surface area contributed by atoms with Gasteiger partial charge in [-0.25, -0.2) is 13.4 Å². The van der Waals surface area contributed by atoms with Gasteiger partial charge in [0.25, 0.3) is 0 Å². The van der Waals surface area contributed by atoms with Crippen molar-refractivity contribution in [3.8, 4) is 0 Å². The van der Waals surface area contributed by atoms with E-state index in [1.54, 1.807) is 0 Å². The molecule has 1 aromatic rings. The number of anilines is 1. The summed E-state index contributed by atoms with van der Waals surface area (Å²) in [5.74, 6) is 0. The molecular formula is C7H7F3N2O2S. The number of nitrogens with zero attached hydrogens (tertiary/aromatic N) is 1. The molecule has 0 bridgehead atoms. The van der Waals surface area contributed by atoms with Crippen LogP contribution in [0.5, 0.6) is 0 Å². The predicted octanol–water partition coefficient (Wildman–Crippen LogP) is 1.09. The van der Waals surface area contributed by atoms with E-state index in [2.05, 4.69) is 4.98 Å². The molecule has 0 atom stereocenters. The second-order valence-electron chi connectivity index (χ2n) is 2.88. The van der Waals surface area contributed by atoms with Crippen LogP contribution in [0.25, 0.3) is 0 Å². The van der Waals surface area contributed by atoms with E-state index in [-0.39, 0.29) is 5.69 Å². The molecule has 1 aromatic heterocycles. The number of hydrogen-bond acceptors (Lipinski definition) is 4. The van der Waals surface area contributed by atoms with Crippen LogP contribution in [0.4, 0.5) is 18.9 Å². The summed E-state index contributed by atoms with van der Waals surface area (Å²) in [4.78, 5) is 2.44. The quantitative estimate of drug-likeness (QED) is 0.797. The molecule has 1 heterocycles. The topological polar surface area (TPSA) is 73.0 Å². The number of halogens is 3. The number of pyridine rings is 1. The van der Waals surface area contributed by atoms with Gasteiger partial charge in [0, 0.05) is 6.26 Å². The highest BCUT2D eigenvalue weighted by Crippen LogP contribution is 2.30. The molecule has 0 aliphatic heterocycles. The van der Waals surface area contributed by atoms with Gasteiger partial charge in [-0.05, 0) is 6.07 Å². The molecule has 84 valence electrons. The summed E-state index contributed by atoms with van der Waals surface area (Å²) in [6.45, 7) is 0. The lowest BCUT2D eigenvalue weighted by Gasteiger charge is -2.08. The molecule has 2 N–H and O–H groups in total. The van der Waals surface area contributed by atoms with Gasteiger partial charge in [0.1, 0.15) is 5.69 Å². The van der Waals surface area contributed by atoms with Crippen LogP contribution < -0.4 is 5.73 Å². The van der Waals surface area contributed by atoms with Gasteiger partial charge in [-0.3, -0.25) is 0 Å². The Morgan fingerprint density at radius 1 is 1.40 bits per heavy atom. The molecule has 0 radical (unpaired) electrons. The van der Waals surface area contributed by atoms with E-state index in [4.69, 9.17) is 5.73 Å². The zero-order valence-corrected chi connectivity index (χ0v) is 8.35. The SMILES string of the molecule is CS(=O)(=O)c1cc(C(F)(F)F)ncc1N. The molecule has 0 aliphatic rings. The Kier molecular flexibility index (Phi) is 2.64. The summed E-state index contributed by atoms with van der Waals surface area (Å²) >= 11 is 0. The van der Waals surface area contributed by atoms with Crippen LogP contribution in [0, 0.1) is 0 Å². The number of aromatic nitrogens is 1. The average molecular weight is 240 g/mol. The Morgan fingerprint density at radius 2 is 1.93 bits per heavy atom. The van der Waals surface area contributed by atoms with Gasteiger partial charge in [0.15, 0.2) is 9.84 Å². The summed E-state index contributed by atoms with van der Waals surface area (Å²) < 4.78 is 58.7. The molecule has 0 aliphatic carbocycles. The van der Waals surface area contributed by atoms with Crippen molar-refractivity contribution in [2.45, 2.75) is 11.1 Å². The Labute approximate surface area is 83.8 Å². The molecule has 0 fully saturated rings. The molecule has 0 saturated carbocycles. The lowest BCUT2D eigenvalue weighted by molar-refractivity contribution is -0.141. The highest BCUT2D eigenvalue weighted by molar-refractivity contribution is 7.90. The monoisotopic (exact) mass is 240 g/mol. The van der Waals surface area contributed by atoms with Crippen molar-refractivity contribution in [1.29, 1.82) is 0 Å². The fraction of sp³-hybridized carbons (Fsp3) is 0.286. The minimum Gasteiger partial charge on any atom is -0.396 e. The fourth-order valence-electron chi connectivity index (χ4n) is 0.924. The minimum absolute atomic E-state index is 0.300. The zero-order chi connectivity index (χ0) is 11.9. The molecule has 4 nitrogen and oxygen atoms in total. The average Bonchev–Trinajstić information content (AvgIpc) is 2.00. The second-order valence-corrected chi connectivity index (χ2v) is 4.86. The zero-order valence-electron chi connectivity index (χ0n) is 7.54. The molecule has 0 aromatic carbocycles. The third-order valence-corrected chi connectivity index (χ3v) is 2.74. The van der Waals surface area contributed by atoms with Gasteiger partial charge in [0.2, 0.25) is 0 Å². The normalized spacial score (nSPS) is 12.8. The van der Waals surface area contributed by atoms with Gasteiger partial charge >= 0.3 is 6.18 Å². The van der Waals surface area contributed by atoms with E-state index in [1.165, 1.54) is 0 Å². The minimum atomic E-state index is -4.69. The molecule has 0 amide bonds. The number of rotatable bonds is 1. The van der Waals surface area contributed by atoms with Crippen molar-refractivity contribution in [1.82, 2.24) is 4.98 Å². The van der Waals surface area contributed by atoms with E-state index in [1.807, 2.05) is 0 Å². The lowest BCUT2D eigenvalue weighted by Crippen LogP contribution is -2.11. The van der Waals surface area contributed by atoms with E-state index in [9.17, 15) is 21.6 Å². The van der Waals surface area contributed by atoms with Crippen molar-refractivity contribution in [3.63, 3.8) is 0 Å². The summed E-state index contributed by atoms with van der Waals surface area (Å²) in [5, 5.41) is 0. The molecule has 0 unspecified atom stereocenters. The maximum Gasteiger partial charge on any atom is 0.433 e. The third kappa shape index (κ3) is 2.58. The van der Waals surface area contributed by atoms with E-state index in [0.29, 0.717) is 12.3 Å². The number of sulfone groups is 1. The molecule has 0 spiro atoms. The van der Waals surface area contributed by atoms with Crippen molar-refractivity contribution >= 4 is 15.5 Å². The van der Waals surface area contributed by atoms with Gasteiger partial charge in [-0.15, -0.1) is 0 Å². The van der Waals surface area contributed by atoms with E-state index >= 15 is 0 Å². The Hall–Kier alpha value is -1.31. The summed E-state index contributed by atoms with van der Waals surface area (Å²) in [6.07, 6.45) is -3.23. The smallest absolute Gasteiger partial charge is 0.396 e. The van der Waals surface area contributed by atoms with Crippen LogP contribution in [-0.2, 0) is 16.0 Å². The first-order chi connectivity index (χ1) is 6.62. The number of alkyl halides is 3. The van der Waals surface area contributed by atoms with Gasteiger partial charge in [-0.2, -0.15) is 13.2 Å². The fourth-order valence-corrected chi connectivity index (χ4v) is 1.73. The Bertz CT molecular complexity index is 481. The molecule has 1 rings (SSSR count). The Morgan fingerprint density at radius 3 is 2.33 bits per heavy atom. The largest absolute Gasteiger partial charge is 0.433 e. The number of nitrogen functional groups attached to an aromatic ring is 1. The van der Waals surface area contributed by atoms with E-state index < -0.39 is 26.6 Å². The highest BCUT2D eigenvalue weighted by atomic mass is 32.2. The summed E-state index contributed by atoms with van der Waals surface area (Å²) in [7, 11) is -3.78. The first-order valence-corrected chi connectivity index (χ1v) is 5.54. The van der Waals surface area contributed by atoms with Crippen LogP contribution >= 0.6 is 0 Å². The second kappa shape index (κ2) is 3.37. The molecular weight excluding hydrogens is 233 g/mol. The Balaban J connectivity index is 3.43. The molecule has 15 heavy (non-hydrogen) atoms. The van der Waals surface area contributed by atoms with Crippen LogP contribution in [0.2, 0.25) is 0 Å². The van der Waals surface area contributed by atoms with Gasteiger partial charge < -0.3 is 5.73 Å². The maximum absolute atomic E-state index is 12.2. The predicted molar refractivity (Wildman–Crippen MR) is 46.8 cm³/mol. The van der Waals surface area contributed by atoms with E-state index in [0.717, 1.165) is 6.26 Å². The van der Waals surface area contributed by atoms with Crippen LogP contribution in [0.15, 0.2) is 17.2 Å². The van der Waals surface area contributed by atoms with Gasteiger partial charge in [0.05, 0.1) is 16.8 Å². The standard InChI is InChI=1S/C7H7F3N2O2S/c1-15(13,14)5-2-6(7(8,9)10)12-3-4(5)11/h2-3H,11H2,1H3. The first-order valence-electron chi connectivity index (χ1n) is 3.65. The van der Waals surface area contributed by atoms with Gasteiger partial charge in [-0.1, -0.05) is 0 Å². The van der Waals surface area contributed by atoms with Crippen LogP contribution in [0.3, 0.4) is 0 Å². The highest BCUT2D eigenvalue weighted by Gasteiger charge is 2.33. The molecule has 0 saturated heterocycles. The summed E-state index contributed by atoms with van der Waals surface area (Å²) in [5.41, 5.74) is 3.63. The molecule has 8 heteroatoms. The first kappa shape index (κ1) is 11.8. The van der Waals surface area contributed by atoms with Crippen molar-refractivity contribution < 1.29 is 21.6 Å². The van der Waals surface area contributed by atoms with Crippen LogP contribution in [0.1, 0.15) is 5.69 Å². The maximum atomic E-state index is 12.2. The summed E-state index contributed by atoms with van der Waals surface area (Å²) in [6, 6.07) is 0.421. The number of nitrogens with two attached hydrogens (primary N) is 1. The van der Waals surface area contributed by atoms with Crippen molar-refractivity contribution in [2.24, 2.45) is 0 Å². The van der Waals surface area contributed by atoms with Crippen molar-refractivity contribution in [2.75, 3.05) is 12.0 Å². The van der Waals surface area contributed by atoms with Crippen molar-refractivity contribution in [3.05, 3.63) is 18.0 Å². The van der Waals surface area contributed by atoms with Crippen LogP contribution in [-0.4, -0.2) is 19.7 Å². The number of hydrogen-bond donors (Lipinski definition) is 1.